The van der Waals surface area contributed by atoms with Crippen LogP contribution in [0, 0.1) is 0 Å². The SMILES string of the molecule is CO.CO/C=C1\CCCc2c(OC)ccc(OC)c21.COc1ccc(OC)c2c1CCCC2C=O. The van der Waals surface area contributed by atoms with Crippen molar-refractivity contribution >= 4 is 11.9 Å². The van der Waals surface area contributed by atoms with Crippen molar-refractivity contribution in [3.05, 3.63) is 52.8 Å². The van der Waals surface area contributed by atoms with Crippen LogP contribution in [0.1, 0.15) is 53.9 Å². The molecule has 1 N–H and O–H groups in total. The fraction of sp³-hybridized carbons (Fsp3) is 0.464. The second-order valence-corrected chi connectivity index (χ2v) is 8.05. The number of hydrogen-bond donors (Lipinski definition) is 1. The van der Waals surface area contributed by atoms with E-state index in [1.807, 2.05) is 24.3 Å². The topological polar surface area (TPSA) is 83.5 Å². The minimum atomic E-state index is -0.0474. The number of benzene rings is 2. The molecular weight excluding hydrogens is 448 g/mol. The highest BCUT2D eigenvalue weighted by molar-refractivity contribution is 5.76. The van der Waals surface area contributed by atoms with Crippen LogP contribution < -0.4 is 18.9 Å². The number of ether oxygens (including phenoxy) is 5. The van der Waals surface area contributed by atoms with Crippen molar-refractivity contribution in [2.75, 3.05) is 42.7 Å². The molecule has 0 bridgehead atoms. The van der Waals surface area contributed by atoms with E-state index in [0.717, 1.165) is 91.6 Å². The average molecular weight is 487 g/mol. The molecule has 4 rings (SSSR count). The molecule has 2 aliphatic rings. The van der Waals surface area contributed by atoms with Gasteiger partial charge in [-0.2, -0.15) is 0 Å². The van der Waals surface area contributed by atoms with Crippen LogP contribution in [0.15, 0.2) is 30.5 Å². The van der Waals surface area contributed by atoms with Crippen LogP contribution in [0.5, 0.6) is 23.0 Å². The van der Waals surface area contributed by atoms with Gasteiger partial charge in [-0.3, -0.25) is 0 Å². The van der Waals surface area contributed by atoms with Crippen LogP contribution in [-0.4, -0.2) is 54.1 Å². The Morgan fingerprint density at radius 1 is 0.743 bits per heavy atom. The van der Waals surface area contributed by atoms with Crippen LogP contribution >= 0.6 is 0 Å². The first-order valence-electron chi connectivity index (χ1n) is 11.7. The van der Waals surface area contributed by atoms with Crippen molar-refractivity contribution in [1.82, 2.24) is 0 Å². The summed E-state index contributed by atoms with van der Waals surface area (Å²) in [4.78, 5) is 11.1. The molecule has 0 saturated carbocycles. The second kappa shape index (κ2) is 14.3. The molecule has 2 aromatic carbocycles. The molecule has 2 aliphatic carbocycles. The molecule has 192 valence electrons. The fourth-order valence-electron chi connectivity index (χ4n) is 4.85. The standard InChI is InChI=1S/C14H18O3.C13H16O3.CH4O/c1-15-9-10-5-4-6-11-12(16-2)7-8-13(17-3)14(10)11;1-15-11-6-7-12(16-2)13-9(8-14)4-3-5-10(11)13;1-2/h7-9H,4-6H2,1-3H3;6-9H,3-5H2,1-2H3;2H,1H3/b10-9+;;. The van der Waals surface area contributed by atoms with Crippen molar-refractivity contribution in [2.24, 2.45) is 0 Å². The number of allylic oxidation sites excluding steroid dienone is 1. The van der Waals surface area contributed by atoms with E-state index in [1.165, 1.54) is 11.1 Å². The maximum Gasteiger partial charge on any atom is 0.127 e. The highest BCUT2D eigenvalue weighted by Gasteiger charge is 2.26. The lowest BCUT2D eigenvalue weighted by Gasteiger charge is -2.25. The second-order valence-electron chi connectivity index (χ2n) is 8.05. The third-order valence-corrected chi connectivity index (χ3v) is 6.32. The normalized spacial score (nSPS) is 16.8. The van der Waals surface area contributed by atoms with E-state index in [9.17, 15) is 4.79 Å². The molecule has 0 radical (unpaired) electrons. The Balaban J connectivity index is 0.000000231. The Morgan fingerprint density at radius 2 is 1.29 bits per heavy atom. The van der Waals surface area contributed by atoms with Gasteiger partial charge in [-0.15, -0.1) is 0 Å². The number of carbonyl (C=O) groups is 1. The van der Waals surface area contributed by atoms with Crippen molar-refractivity contribution in [3.8, 4) is 23.0 Å². The summed E-state index contributed by atoms with van der Waals surface area (Å²) in [5.74, 6) is 3.44. The number of methoxy groups -OCH3 is 5. The van der Waals surface area contributed by atoms with Gasteiger partial charge in [0.05, 0.1) is 41.8 Å². The first kappa shape index (κ1) is 28.1. The number of aliphatic hydroxyl groups excluding tert-OH is 1. The molecule has 0 heterocycles. The lowest BCUT2D eigenvalue weighted by Crippen LogP contribution is -2.13. The quantitative estimate of drug-likeness (QED) is 0.456. The lowest BCUT2D eigenvalue weighted by atomic mass is 9.82. The van der Waals surface area contributed by atoms with Crippen LogP contribution in [-0.2, 0) is 22.4 Å². The van der Waals surface area contributed by atoms with Gasteiger partial charge in [0, 0.05) is 35.3 Å². The van der Waals surface area contributed by atoms with Gasteiger partial charge in [0.25, 0.3) is 0 Å². The van der Waals surface area contributed by atoms with Gasteiger partial charge in [-0.05, 0) is 68.4 Å². The van der Waals surface area contributed by atoms with Gasteiger partial charge in [0.1, 0.15) is 29.3 Å². The molecule has 7 nitrogen and oxygen atoms in total. The zero-order valence-corrected chi connectivity index (χ0v) is 21.7. The van der Waals surface area contributed by atoms with E-state index in [1.54, 1.807) is 41.8 Å². The third-order valence-electron chi connectivity index (χ3n) is 6.32. The summed E-state index contributed by atoms with van der Waals surface area (Å²) >= 11 is 0. The van der Waals surface area contributed by atoms with E-state index < -0.39 is 0 Å². The molecule has 0 fully saturated rings. The van der Waals surface area contributed by atoms with Crippen molar-refractivity contribution in [1.29, 1.82) is 0 Å². The van der Waals surface area contributed by atoms with E-state index in [2.05, 4.69) is 0 Å². The summed E-state index contributed by atoms with van der Waals surface area (Å²) in [7, 11) is 9.37. The highest BCUT2D eigenvalue weighted by atomic mass is 16.5. The molecule has 0 amide bonds. The molecule has 7 heteroatoms. The Hall–Kier alpha value is -3.19. The fourth-order valence-corrected chi connectivity index (χ4v) is 4.85. The molecule has 0 saturated heterocycles. The summed E-state index contributed by atoms with van der Waals surface area (Å²) < 4.78 is 26.7. The number of fused-ring (bicyclic) bond motifs is 2. The molecule has 35 heavy (non-hydrogen) atoms. The number of rotatable bonds is 6. The summed E-state index contributed by atoms with van der Waals surface area (Å²) in [6.07, 6.45) is 8.87. The summed E-state index contributed by atoms with van der Waals surface area (Å²) in [5, 5.41) is 7.00. The predicted octanol–water partition coefficient (Wildman–Crippen LogP) is 4.96. The monoisotopic (exact) mass is 486 g/mol. The maximum absolute atomic E-state index is 11.1. The molecular formula is C28H38O7. The van der Waals surface area contributed by atoms with Crippen molar-refractivity contribution in [2.45, 2.75) is 44.4 Å². The number of aldehydes is 1. The summed E-state index contributed by atoms with van der Waals surface area (Å²) in [5.41, 5.74) is 5.69. The third kappa shape index (κ3) is 6.28. The Bertz CT molecular complexity index is 997. The predicted molar refractivity (Wildman–Crippen MR) is 137 cm³/mol. The van der Waals surface area contributed by atoms with Crippen molar-refractivity contribution < 1.29 is 33.6 Å². The van der Waals surface area contributed by atoms with Gasteiger partial charge in [-0.25, -0.2) is 0 Å². The van der Waals surface area contributed by atoms with Crippen molar-refractivity contribution in [3.63, 3.8) is 0 Å². The van der Waals surface area contributed by atoms with E-state index in [4.69, 9.17) is 28.8 Å². The Morgan fingerprint density at radius 3 is 1.86 bits per heavy atom. The maximum atomic E-state index is 11.1. The van der Waals surface area contributed by atoms with Crippen LogP contribution in [0.2, 0.25) is 0 Å². The van der Waals surface area contributed by atoms with Gasteiger partial charge in [0.2, 0.25) is 0 Å². The van der Waals surface area contributed by atoms with E-state index in [-0.39, 0.29) is 5.92 Å². The van der Waals surface area contributed by atoms with Crippen LogP contribution in [0.25, 0.3) is 5.57 Å². The molecule has 1 atom stereocenters. The lowest BCUT2D eigenvalue weighted by molar-refractivity contribution is -0.109. The van der Waals surface area contributed by atoms with Gasteiger partial charge < -0.3 is 33.6 Å². The highest BCUT2D eigenvalue weighted by Crippen LogP contribution is 2.42. The first-order chi connectivity index (χ1) is 17.1. The van der Waals surface area contributed by atoms with Gasteiger partial charge >= 0.3 is 0 Å². The molecule has 2 aromatic rings. The Kier molecular flexibility index (Phi) is 11.4. The van der Waals surface area contributed by atoms with E-state index >= 15 is 0 Å². The molecule has 0 aromatic heterocycles. The number of hydrogen-bond acceptors (Lipinski definition) is 7. The molecule has 1 unspecified atom stereocenters. The van der Waals surface area contributed by atoms with Gasteiger partial charge in [0.15, 0.2) is 0 Å². The Labute approximate surface area is 208 Å². The average Bonchev–Trinajstić information content (AvgIpc) is 2.93. The minimum absolute atomic E-state index is 0.0474. The van der Waals surface area contributed by atoms with Gasteiger partial charge in [-0.1, -0.05) is 0 Å². The van der Waals surface area contributed by atoms with Crippen LogP contribution in [0.4, 0.5) is 0 Å². The number of aliphatic hydroxyl groups is 1. The largest absolute Gasteiger partial charge is 0.504 e. The minimum Gasteiger partial charge on any atom is -0.504 e. The first-order valence-corrected chi connectivity index (χ1v) is 11.7. The molecule has 0 aliphatic heterocycles. The summed E-state index contributed by atoms with van der Waals surface area (Å²) in [6.45, 7) is 0. The smallest absolute Gasteiger partial charge is 0.127 e. The zero-order valence-electron chi connectivity index (χ0n) is 21.7. The zero-order chi connectivity index (χ0) is 25.8. The van der Waals surface area contributed by atoms with Crippen LogP contribution in [0.3, 0.4) is 0 Å². The summed E-state index contributed by atoms with van der Waals surface area (Å²) in [6, 6.07) is 7.70. The number of carbonyl (C=O) groups excluding carboxylic acids is 1. The molecule has 0 spiro atoms. The van der Waals surface area contributed by atoms with E-state index in [0.29, 0.717) is 0 Å².